The molecule has 2 aromatic heterocycles. The van der Waals surface area contributed by atoms with Gasteiger partial charge in [-0.2, -0.15) is 5.10 Å². The minimum absolute atomic E-state index is 0.353. The number of nitrogens with zero attached hydrogens (tertiary/aromatic N) is 4. The normalized spacial score (nSPS) is 17.7. The van der Waals surface area contributed by atoms with Crippen molar-refractivity contribution in [1.29, 1.82) is 0 Å². The summed E-state index contributed by atoms with van der Waals surface area (Å²) in [5.41, 5.74) is 0.773. The van der Waals surface area contributed by atoms with Gasteiger partial charge in [-0.3, -0.25) is 0 Å². The standard InChI is InChI=1S/C14H21N5O/c1-15-13-12-7-18-19(14(12)17-9-16-13)8-11(20)6-10-4-2-3-5-10/h7,9-11,20H,2-6,8H2,1H3,(H,15,16,17)/t11-/m1/s1. The first-order valence-electron chi connectivity index (χ1n) is 7.30. The second-order valence-corrected chi connectivity index (χ2v) is 5.58. The monoisotopic (exact) mass is 275 g/mol. The van der Waals surface area contributed by atoms with Gasteiger partial charge in [-0.1, -0.05) is 25.7 Å². The highest BCUT2D eigenvalue weighted by molar-refractivity contribution is 5.85. The van der Waals surface area contributed by atoms with Crippen LogP contribution in [0.2, 0.25) is 0 Å². The van der Waals surface area contributed by atoms with Crippen LogP contribution in [0.3, 0.4) is 0 Å². The third kappa shape index (κ3) is 2.60. The van der Waals surface area contributed by atoms with Crippen molar-refractivity contribution >= 4 is 16.9 Å². The molecule has 6 nitrogen and oxygen atoms in total. The van der Waals surface area contributed by atoms with Crippen LogP contribution in [0.1, 0.15) is 32.1 Å². The van der Waals surface area contributed by atoms with Gasteiger partial charge in [0.1, 0.15) is 12.1 Å². The first-order chi connectivity index (χ1) is 9.78. The fourth-order valence-corrected chi connectivity index (χ4v) is 3.13. The van der Waals surface area contributed by atoms with Crippen molar-refractivity contribution in [3.8, 4) is 0 Å². The summed E-state index contributed by atoms with van der Waals surface area (Å²) in [5, 5.41) is 18.5. The summed E-state index contributed by atoms with van der Waals surface area (Å²) < 4.78 is 1.78. The SMILES string of the molecule is CNc1ncnc2c1cnn2C[C@H](O)CC1CCCC1. The molecular formula is C14H21N5O. The summed E-state index contributed by atoms with van der Waals surface area (Å²) in [6.45, 7) is 0.500. The molecule has 0 saturated heterocycles. The maximum absolute atomic E-state index is 10.2. The van der Waals surface area contributed by atoms with Crippen LogP contribution in [0.4, 0.5) is 5.82 Å². The number of anilines is 1. The lowest BCUT2D eigenvalue weighted by Gasteiger charge is -2.15. The van der Waals surface area contributed by atoms with E-state index in [9.17, 15) is 5.11 Å². The van der Waals surface area contributed by atoms with E-state index in [0.717, 1.165) is 23.3 Å². The van der Waals surface area contributed by atoms with Crippen LogP contribution in [0.25, 0.3) is 11.0 Å². The maximum Gasteiger partial charge on any atom is 0.163 e. The Morgan fingerprint density at radius 3 is 2.95 bits per heavy atom. The van der Waals surface area contributed by atoms with Crippen LogP contribution >= 0.6 is 0 Å². The van der Waals surface area contributed by atoms with E-state index >= 15 is 0 Å². The van der Waals surface area contributed by atoms with Gasteiger partial charge in [-0.05, 0) is 12.3 Å². The first kappa shape index (κ1) is 13.3. The van der Waals surface area contributed by atoms with Gasteiger partial charge in [-0.15, -0.1) is 0 Å². The lowest BCUT2D eigenvalue weighted by Crippen LogP contribution is -2.20. The number of aromatic nitrogens is 4. The Morgan fingerprint density at radius 1 is 1.40 bits per heavy atom. The second kappa shape index (κ2) is 5.75. The predicted octanol–water partition coefficient (Wildman–Crippen LogP) is 1.81. The molecule has 6 heteroatoms. The minimum atomic E-state index is -0.353. The van der Waals surface area contributed by atoms with Crippen LogP contribution in [-0.4, -0.2) is 38.0 Å². The largest absolute Gasteiger partial charge is 0.391 e. The Labute approximate surface area is 118 Å². The molecule has 2 aromatic rings. The molecule has 1 aliphatic rings. The molecule has 0 aliphatic heterocycles. The molecule has 0 amide bonds. The van der Waals surface area contributed by atoms with Crippen LogP contribution in [0, 0.1) is 5.92 Å². The van der Waals surface area contributed by atoms with Crippen LogP contribution in [-0.2, 0) is 6.54 Å². The molecule has 1 fully saturated rings. The Morgan fingerprint density at radius 2 is 2.20 bits per heavy atom. The van der Waals surface area contributed by atoms with E-state index in [2.05, 4.69) is 20.4 Å². The summed E-state index contributed by atoms with van der Waals surface area (Å²) in [5.74, 6) is 1.45. The van der Waals surface area contributed by atoms with Crippen molar-refractivity contribution in [2.75, 3.05) is 12.4 Å². The molecule has 108 valence electrons. The summed E-state index contributed by atoms with van der Waals surface area (Å²) in [7, 11) is 1.83. The highest BCUT2D eigenvalue weighted by atomic mass is 16.3. The first-order valence-corrected chi connectivity index (χ1v) is 7.30. The lowest BCUT2D eigenvalue weighted by atomic mass is 10.0. The molecule has 0 spiro atoms. The molecule has 2 N–H and O–H groups in total. The van der Waals surface area contributed by atoms with E-state index in [0.29, 0.717) is 12.5 Å². The van der Waals surface area contributed by atoms with Crippen LogP contribution in [0.15, 0.2) is 12.5 Å². The van der Waals surface area contributed by atoms with Gasteiger partial charge in [0.2, 0.25) is 0 Å². The van der Waals surface area contributed by atoms with Crippen molar-refractivity contribution in [1.82, 2.24) is 19.7 Å². The molecule has 0 radical (unpaired) electrons. The van der Waals surface area contributed by atoms with Crippen molar-refractivity contribution in [2.24, 2.45) is 5.92 Å². The van der Waals surface area contributed by atoms with Crippen molar-refractivity contribution in [3.05, 3.63) is 12.5 Å². The number of hydrogen-bond donors (Lipinski definition) is 2. The molecule has 1 atom stereocenters. The van der Waals surface area contributed by atoms with E-state index in [-0.39, 0.29) is 6.10 Å². The van der Waals surface area contributed by atoms with Crippen LogP contribution < -0.4 is 5.32 Å². The third-order valence-electron chi connectivity index (χ3n) is 4.13. The van der Waals surface area contributed by atoms with Crippen LogP contribution in [0.5, 0.6) is 0 Å². The molecule has 0 bridgehead atoms. The van der Waals surface area contributed by atoms with Gasteiger partial charge in [0.25, 0.3) is 0 Å². The van der Waals surface area contributed by atoms with E-state index in [1.807, 2.05) is 7.05 Å². The number of aliphatic hydroxyl groups is 1. The quantitative estimate of drug-likeness (QED) is 0.870. The Hall–Kier alpha value is -1.69. The Kier molecular flexibility index (Phi) is 3.82. The molecule has 20 heavy (non-hydrogen) atoms. The smallest absolute Gasteiger partial charge is 0.163 e. The van der Waals surface area contributed by atoms with E-state index in [1.54, 1.807) is 10.9 Å². The highest BCUT2D eigenvalue weighted by Crippen LogP contribution is 2.29. The molecule has 0 aromatic carbocycles. The molecule has 2 heterocycles. The van der Waals surface area contributed by atoms with Crippen molar-refractivity contribution in [3.63, 3.8) is 0 Å². The number of hydrogen-bond acceptors (Lipinski definition) is 5. The zero-order valence-corrected chi connectivity index (χ0v) is 11.8. The fraction of sp³-hybridized carbons (Fsp3) is 0.643. The number of rotatable bonds is 5. The molecule has 1 saturated carbocycles. The number of nitrogens with one attached hydrogen (secondary N) is 1. The van der Waals surface area contributed by atoms with Gasteiger partial charge < -0.3 is 10.4 Å². The Balaban J connectivity index is 1.73. The third-order valence-corrected chi connectivity index (χ3v) is 4.13. The highest BCUT2D eigenvalue weighted by Gasteiger charge is 2.20. The lowest BCUT2D eigenvalue weighted by molar-refractivity contribution is 0.121. The van der Waals surface area contributed by atoms with Gasteiger partial charge in [0, 0.05) is 7.05 Å². The maximum atomic E-state index is 10.2. The summed E-state index contributed by atoms with van der Waals surface area (Å²) in [4.78, 5) is 8.44. The van der Waals surface area contributed by atoms with Crippen molar-refractivity contribution in [2.45, 2.75) is 44.8 Å². The molecule has 3 rings (SSSR count). The van der Waals surface area contributed by atoms with Crippen molar-refractivity contribution < 1.29 is 5.11 Å². The zero-order chi connectivity index (χ0) is 13.9. The van der Waals surface area contributed by atoms with E-state index in [4.69, 9.17) is 0 Å². The average Bonchev–Trinajstić information content (AvgIpc) is 3.09. The summed E-state index contributed by atoms with van der Waals surface area (Å²) >= 11 is 0. The summed E-state index contributed by atoms with van der Waals surface area (Å²) in [6.07, 6.45) is 8.91. The molecule has 1 aliphatic carbocycles. The van der Waals surface area contributed by atoms with Gasteiger partial charge >= 0.3 is 0 Å². The van der Waals surface area contributed by atoms with E-state index in [1.165, 1.54) is 32.0 Å². The minimum Gasteiger partial charge on any atom is -0.391 e. The van der Waals surface area contributed by atoms with Gasteiger partial charge in [0.15, 0.2) is 5.65 Å². The second-order valence-electron chi connectivity index (χ2n) is 5.58. The summed E-state index contributed by atoms with van der Waals surface area (Å²) in [6, 6.07) is 0. The Bertz CT molecular complexity index is 576. The predicted molar refractivity (Wildman–Crippen MR) is 77.5 cm³/mol. The number of aliphatic hydroxyl groups excluding tert-OH is 1. The topological polar surface area (TPSA) is 75.9 Å². The van der Waals surface area contributed by atoms with Gasteiger partial charge in [0.05, 0.1) is 24.2 Å². The average molecular weight is 275 g/mol. The number of fused-ring (bicyclic) bond motifs is 1. The fourth-order valence-electron chi connectivity index (χ4n) is 3.13. The van der Waals surface area contributed by atoms with Gasteiger partial charge in [-0.25, -0.2) is 14.6 Å². The zero-order valence-electron chi connectivity index (χ0n) is 11.8. The molecular weight excluding hydrogens is 254 g/mol. The molecule has 0 unspecified atom stereocenters. The van der Waals surface area contributed by atoms with E-state index < -0.39 is 0 Å².